The molecule has 0 spiro atoms. The minimum absolute atomic E-state index is 0.679. The standard InChI is InChI=1S/C13H16ClO/c1-15-13-8-7-11(9-12(13)14)10-5-3-2-4-6-10/h2,7-10H,3-6H2,1H3. The van der Waals surface area contributed by atoms with Crippen LogP contribution in [-0.2, 0) is 0 Å². The summed E-state index contributed by atoms with van der Waals surface area (Å²) in [5.41, 5.74) is 1.36. The van der Waals surface area contributed by atoms with Crippen molar-refractivity contribution in [2.75, 3.05) is 7.11 Å². The van der Waals surface area contributed by atoms with Gasteiger partial charge in [-0.3, -0.25) is 0 Å². The zero-order valence-electron chi connectivity index (χ0n) is 9.00. The lowest BCUT2D eigenvalue weighted by atomic mass is 9.84. The van der Waals surface area contributed by atoms with Gasteiger partial charge in [0, 0.05) is 0 Å². The van der Waals surface area contributed by atoms with Gasteiger partial charge in [0.2, 0.25) is 0 Å². The SMILES string of the molecule is COc1ccc(C2CC[CH]CC2)cc1Cl. The Hall–Kier alpha value is -0.690. The molecule has 1 nitrogen and oxygen atoms in total. The minimum atomic E-state index is 0.679. The highest BCUT2D eigenvalue weighted by molar-refractivity contribution is 6.32. The molecule has 0 saturated heterocycles. The number of ether oxygens (including phenoxy) is 1. The highest BCUT2D eigenvalue weighted by atomic mass is 35.5. The second kappa shape index (κ2) is 4.89. The molecule has 1 aromatic carbocycles. The Bertz CT molecular complexity index is 329. The summed E-state index contributed by atoms with van der Waals surface area (Å²) in [6.07, 6.45) is 7.34. The number of rotatable bonds is 2. The second-order valence-corrected chi connectivity index (χ2v) is 4.44. The van der Waals surface area contributed by atoms with E-state index >= 15 is 0 Å². The smallest absolute Gasteiger partial charge is 0.137 e. The molecular weight excluding hydrogens is 208 g/mol. The van der Waals surface area contributed by atoms with Crippen LogP contribution < -0.4 is 4.74 Å². The molecule has 1 saturated carbocycles. The molecule has 1 fully saturated rings. The van der Waals surface area contributed by atoms with Crippen LogP contribution in [0.5, 0.6) is 5.75 Å². The van der Waals surface area contributed by atoms with Gasteiger partial charge in [-0.1, -0.05) is 17.7 Å². The molecule has 0 bridgehead atoms. The number of hydrogen-bond donors (Lipinski definition) is 0. The zero-order valence-corrected chi connectivity index (χ0v) is 9.76. The van der Waals surface area contributed by atoms with Gasteiger partial charge in [0.25, 0.3) is 0 Å². The Morgan fingerprint density at radius 2 is 2.00 bits per heavy atom. The van der Waals surface area contributed by atoms with E-state index in [9.17, 15) is 0 Å². The molecule has 1 aromatic rings. The second-order valence-electron chi connectivity index (χ2n) is 4.03. The van der Waals surface area contributed by atoms with Crippen LogP contribution >= 0.6 is 11.6 Å². The molecular formula is C13H16ClO. The lowest BCUT2D eigenvalue weighted by Gasteiger charge is -2.22. The van der Waals surface area contributed by atoms with Gasteiger partial charge in [0.1, 0.15) is 5.75 Å². The lowest BCUT2D eigenvalue weighted by molar-refractivity contribution is 0.414. The molecule has 15 heavy (non-hydrogen) atoms. The summed E-state index contributed by atoms with van der Waals surface area (Å²) in [6, 6.07) is 6.16. The van der Waals surface area contributed by atoms with E-state index in [1.165, 1.54) is 31.2 Å². The maximum atomic E-state index is 6.12. The summed E-state index contributed by atoms with van der Waals surface area (Å²) < 4.78 is 5.15. The Labute approximate surface area is 96.4 Å². The average molecular weight is 224 g/mol. The van der Waals surface area contributed by atoms with Crippen molar-refractivity contribution in [1.82, 2.24) is 0 Å². The summed E-state index contributed by atoms with van der Waals surface area (Å²) in [5, 5.41) is 0.726. The molecule has 81 valence electrons. The summed E-state index contributed by atoms with van der Waals surface area (Å²) >= 11 is 6.12. The molecule has 0 aliphatic heterocycles. The molecule has 2 heteroatoms. The van der Waals surface area contributed by atoms with Gasteiger partial charge in [-0.2, -0.15) is 0 Å². The van der Waals surface area contributed by atoms with Gasteiger partial charge in [-0.05, 0) is 55.7 Å². The predicted octanol–water partition coefficient (Wildman–Crippen LogP) is 4.21. The average Bonchev–Trinajstić information content (AvgIpc) is 2.30. The third kappa shape index (κ3) is 2.46. The van der Waals surface area contributed by atoms with Crippen LogP contribution in [0, 0.1) is 6.42 Å². The van der Waals surface area contributed by atoms with Gasteiger partial charge in [0.15, 0.2) is 0 Å². The van der Waals surface area contributed by atoms with E-state index in [1.54, 1.807) is 7.11 Å². The number of hydrogen-bond acceptors (Lipinski definition) is 1. The number of benzene rings is 1. The first-order chi connectivity index (χ1) is 7.31. The van der Waals surface area contributed by atoms with Gasteiger partial charge >= 0.3 is 0 Å². The largest absolute Gasteiger partial charge is 0.495 e. The van der Waals surface area contributed by atoms with E-state index in [2.05, 4.69) is 18.6 Å². The van der Waals surface area contributed by atoms with Gasteiger partial charge in [-0.25, -0.2) is 0 Å². The molecule has 0 unspecified atom stereocenters. The molecule has 1 aliphatic rings. The maximum absolute atomic E-state index is 6.12. The van der Waals surface area contributed by atoms with Crippen molar-refractivity contribution in [3.63, 3.8) is 0 Å². The fourth-order valence-electron chi connectivity index (χ4n) is 2.20. The molecule has 2 rings (SSSR count). The normalized spacial score (nSPS) is 17.7. The van der Waals surface area contributed by atoms with Crippen molar-refractivity contribution in [2.24, 2.45) is 0 Å². The van der Waals surface area contributed by atoms with E-state index in [0.29, 0.717) is 5.92 Å². The van der Waals surface area contributed by atoms with Crippen LogP contribution in [0.4, 0.5) is 0 Å². The molecule has 1 aliphatic carbocycles. The van der Waals surface area contributed by atoms with Crippen LogP contribution in [0.2, 0.25) is 5.02 Å². The van der Waals surface area contributed by atoms with Crippen LogP contribution in [-0.4, -0.2) is 7.11 Å². The highest BCUT2D eigenvalue weighted by Gasteiger charge is 2.16. The Kier molecular flexibility index (Phi) is 3.53. The number of halogens is 1. The summed E-state index contributed by atoms with van der Waals surface area (Å²) in [6.45, 7) is 0. The van der Waals surface area contributed by atoms with Gasteiger partial charge < -0.3 is 4.74 Å². The maximum Gasteiger partial charge on any atom is 0.137 e. The molecule has 0 amide bonds. The number of methoxy groups -OCH3 is 1. The topological polar surface area (TPSA) is 9.23 Å². The molecule has 0 N–H and O–H groups in total. The van der Waals surface area contributed by atoms with E-state index in [0.717, 1.165) is 10.8 Å². The van der Waals surface area contributed by atoms with Crippen molar-refractivity contribution >= 4 is 11.6 Å². The van der Waals surface area contributed by atoms with E-state index < -0.39 is 0 Å². The third-order valence-corrected chi connectivity index (χ3v) is 3.38. The third-order valence-electron chi connectivity index (χ3n) is 3.09. The van der Waals surface area contributed by atoms with Crippen molar-refractivity contribution in [1.29, 1.82) is 0 Å². The Balaban J connectivity index is 2.17. The van der Waals surface area contributed by atoms with E-state index in [-0.39, 0.29) is 0 Å². The van der Waals surface area contributed by atoms with Crippen LogP contribution in [0.25, 0.3) is 0 Å². The van der Waals surface area contributed by atoms with Crippen molar-refractivity contribution in [2.45, 2.75) is 31.6 Å². The summed E-state index contributed by atoms with van der Waals surface area (Å²) in [5.74, 6) is 1.45. The van der Waals surface area contributed by atoms with E-state index in [1.807, 2.05) is 6.07 Å². The summed E-state index contributed by atoms with van der Waals surface area (Å²) in [4.78, 5) is 0. The molecule has 1 radical (unpaired) electrons. The fraction of sp³-hybridized carbons (Fsp3) is 0.462. The summed E-state index contributed by atoms with van der Waals surface area (Å²) in [7, 11) is 1.65. The van der Waals surface area contributed by atoms with Crippen molar-refractivity contribution < 1.29 is 4.74 Å². The monoisotopic (exact) mass is 223 g/mol. The first kappa shape index (κ1) is 10.8. The van der Waals surface area contributed by atoms with Gasteiger partial charge in [0.05, 0.1) is 12.1 Å². The molecule has 0 atom stereocenters. The minimum Gasteiger partial charge on any atom is -0.495 e. The molecule has 0 aromatic heterocycles. The van der Waals surface area contributed by atoms with Crippen molar-refractivity contribution in [3.8, 4) is 5.75 Å². The van der Waals surface area contributed by atoms with Crippen LogP contribution in [0.1, 0.15) is 37.2 Å². The Morgan fingerprint density at radius 3 is 2.60 bits per heavy atom. The van der Waals surface area contributed by atoms with Gasteiger partial charge in [-0.15, -0.1) is 0 Å². The first-order valence-corrected chi connectivity index (χ1v) is 5.84. The zero-order chi connectivity index (χ0) is 10.7. The first-order valence-electron chi connectivity index (χ1n) is 5.46. The van der Waals surface area contributed by atoms with Crippen molar-refractivity contribution in [3.05, 3.63) is 35.2 Å². The van der Waals surface area contributed by atoms with Crippen LogP contribution in [0.3, 0.4) is 0 Å². The van der Waals surface area contributed by atoms with E-state index in [4.69, 9.17) is 16.3 Å². The van der Waals surface area contributed by atoms with Crippen LogP contribution in [0.15, 0.2) is 18.2 Å². The fourth-order valence-corrected chi connectivity index (χ4v) is 2.46. The quantitative estimate of drug-likeness (QED) is 0.730. The molecule has 0 heterocycles. The Morgan fingerprint density at radius 1 is 1.27 bits per heavy atom. The highest BCUT2D eigenvalue weighted by Crippen LogP contribution is 2.35. The predicted molar refractivity (Wildman–Crippen MR) is 63.5 cm³/mol. The lowest BCUT2D eigenvalue weighted by Crippen LogP contribution is -2.04.